The minimum absolute atomic E-state index is 0.0772. The van der Waals surface area contributed by atoms with E-state index < -0.39 is 0 Å². The molecule has 1 saturated carbocycles. The maximum absolute atomic E-state index is 12.6. The molecule has 25 heavy (non-hydrogen) atoms. The zero-order valence-corrected chi connectivity index (χ0v) is 15.5. The van der Waals surface area contributed by atoms with Crippen molar-refractivity contribution in [3.63, 3.8) is 0 Å². The Morgan fingerprint density at radius 1 is 0.960 bits per heavy atom. The fourth-order valence-corrected chi connectivity index (χ4v) is 4.71. The number of carbonyl (C=O) groups is 1. The van der Waals surface area contributed by atoms with Gasteiger partial charge in [-0.2, -0.15) is 0 Å². The minimum Gasteiger partial charge on any atom is -0.361 e. The van der Waals surface area contributed by atoms with Crippen molar-refractivity contribution in [3.8, 4) is 0 Å². The van der Waals surface area contributed by atoms with E-state index >= 15 is 0 Å². The first kappa shape index (κ1) is 17.0. The minimum atomic E-state index is 0.0772. The van der Waals surface area contributed by atoms with Gasteiger partial charge >= 0.3 is 0 Å². The molecule has 3 fully saturated rings. The van der Waals surface area contributed by atoms with E-state index in [-0.39, 0.29) is 5.91 Å². The number of rotatable bonds is 3. The van der Waals surface area contributed by atoms with Crippen LogP contribution in [0.4, 0.5) is 0 Å². The zero-order valence-electron chi connectivity index (χ0n) is 15.5. The molecule has 2 aliphatic heterocycles. The molecule has 4 rings (SSSR count). The number of amides is 1. The van der Waals surface area contributed by atoms with Crippen molar-refractivity contribution in [1.29, 1.82) is 0 Å². The number of aromatic nitrogens is 1. The van der Waals surface area contributed by atoms with Crippen LogP contribution in [-0.2, 0) is 0 Å². The molecule has 0 bridgehead atoms. The van der Waals surface area contributed by atoms with E-state index in [1.807, 2.05) is 18.7 Å². The first-order chi connectivity index (χ1) is 12.1. The van der Waals surface area contributed by atoms with Crippen molar-refractivity contribution in [1.82, 2.24) is 19.9 Å². The number of nitrogens with zero attached hydrogens (tertiary/aromatic N) is 4. The van der Waals surface area contributed by atoms with Crippen LogP contribution in [0.1, 0.15) is 53.9 Å². The Morgan fingerprint density at radius 3 is 2.12 bits per heavy atom. The van der Waals surface area contributed by atoms with Gasteiger partial charge in [0.15, 0.2) is 0 Å². The summed E-state index contributed by atoms with van der Waals surface area (Å²) in [6, 6.07) is 1.35. The summed E-state index contributed by atoms with van der Waals surface area (Å²) in [7, 11) is 0. The third-order valence-electron chi connectivity index (χ3n) is 6.35. The molecule has 6 nitrogen and oxygen atoms in total. The second-order valence-electron chi connectivity index (χ2n) is 7.93. The summed E-state index contributed by atoms with van der Waals surface area (Å²) in [5, 5.41) is 3.90. The molecule has 1 aromatic heterocycles. The molecule has 3 aliphatic rings. The standard InChI is InChI=1S/C19H30N4O2/c1-14-18(15(2)25-20-14)19(24)23-12-17(13-23)22-10-8-21(9-11-22)16-6-4-3-5-7-16/h16-17H,3-13H2,1-2H3. The van der Waals surface area contributed by atoms with E-state index in [0.29, 0.717) is 23.1 Å². The fourth-order valence-electron chi connectivity index (χ4n) is 4.71. The van der Waals surface area contributed by atoms with Crippen molar-refractivity contribution in [2.45, 2.75) is 58.0 Å². The third kappa shape index (κ3) is 3.34. The predicted octanol–water partition coefficient (Wildman–Crippen LogP) is 2.07. The average molecular weight is 346 g/mol. The highest BCUT2D eigenvalue weighted by atomic mass is 16.5. The van der Waals surface area contributed by atoms with Crippen molar-refractivity contribution < 1.29 is 9.32 Å². The van der Waals surface area contributed by atoms with Gasteiger partial charge in [-0.3, -0.25) is 14.6 Å². The monoisotopic (exact) mass is 346 g/mol. The lowest BCUT2D eigenvalue weighted by atomic mass is 9.93. The molecule has 3 heterocycles. The third-order valence-corrected chi connectivity index (χ3v) is 6.35. The summed E-state index contributed by atoms with van der Waals surface area (Å²) in [4.78, 5) is 19.8. The van der Waals surface area contributed by atoms with Gasteiger partial charge in [0.2, 0.25) is 0 Å². The summed E-state index contributed by atoms with van der Waals surface area (Å²) < 4.78 is 5.13. The van der Waals surface area contributed by atoms with Crippen molar-refractivity contribution >= 4 is 5.91 Å². The second kappa shape index (κ2) is 7.08. The lowest BCUT2D eigenvalue weighted by Crippen LogP contribution is -2.64. The van der Waals surface area contributed by atoms with Crippen LogP contribution >= 0.6 is 0 Å². The Labute approximate surface area is 150 Å². The van der Waals surface area contributed by atoms with Crippen molar-refractivity contribution in [2.75, 3.05) is 39.3 Å². The van der Waals surface area contributed by atoms with Crippen LogP contribution in [0.3, 0.4) is 0 Å². The molecule has 0 spiro atoms. The van der Waals surface area contributed by atoms with E-state index in [1.165, 1.54) is 45.2 Å². The number of piperazine rings is 1. The van der Waals surface area contributed by atoms with Gasteiger partial charge in [-0.05, 0) is 26.7 Å². The molecular formula is C19H30N4O2. The summed E-state index contributed by atoms with van der Waals surface area (Å²) in [6.07, 6.45) is 7.03. The van der Waals surface area contributed by atoms with Gasteiger partial charge in [0.1, 0.15) is 11.3 Å². The van der Waals surface area contributed by atoms with E-state index in [0.717, 1.165) is 32.2 Å². The van der Waals surface area contributed by atoms with Crippen molar-refractivity contribution in [2.24, 2.45) is 0 Å². The molecule has 0 N–H and O–H groups in total. The predicted molar refractivity (Wildman–Crippen MR) is 95.7 cm³/mol. The van der Waals surface area contributed by atoms with Gasteiger partial charge in [0.05, 0.1) is 5.69 Å². The first-order valence-electron chi connectivity index (χ1n) is 9.83. The molecule has 1 aliphatic carbocycles. The lowest BCUT2D eigenvalue weighted by Gasteiger charge is -2.49. The van der Waals surface area contributed by atoms with E-state index in [4.69, 9.17) is 4.52 Å². The van der Waals surface area contributed by atoms with Gasteiger partial charge in [-0.25, -0.2) is 0 Å². The number of hydrogen-bond acceptors (Lipinski definition) is 5. The van der Waals surface area contributed by atoms with Crippen LogP contribution in [0, 0.1) is 13.8 Å². The molecule has 0 radical (unpaired) electrons. The molecule has 2 saturated heterocycles. The van der Waals surface area contributed by atoms with Crippen LogP contribution < -0.4 is 0 Å². The first-order valence-corrected chi connectivity index (χ1v) is 9.83. The SMILES string of the molecule is Cc1noc(C)c1C(=O)N1CC(N2CCN(C3CCCCC3)CC2)C1. The van der Waals surface area contributed by atoms with Gasteiger partial charge in [0, 0.05) is 51.4 Å². The van der Waals surface area contributed by atoms with Gasteiger partial charge in [-0.15, -0.1) is 0 Å². The maximum Gasteiger partial charge on any atom is 0.259 e. The highest BCUT2D eigenvalue weighted by Gasteiger charge is 2.38. The second-order valence-corrected chi connectivity index (χ2v) is 7.93. The number of likely N-dealkylation sites (tertiary alicyclic amines) is 1. The maximum atomic E-state index is 12.6. The largest absolute Gasteiger partial charge is 0.361 e. The molecule has 1 amide bonds. The number of carbonyl (C=O) groups excluding carboxylic acids is 1. The summed E-state index contributed by atoms with van der Waals surface area (Å²) in [5.41, 5.74) is 1.35. The summed E-state index contributed by atoms with van der Waals surface area (Å²) in [5.74, 6) is 0.709. The highest BCUT2D eigenvalue weighted by Crippen LogP contribution is 2.26. The Hall–Kier alpha value is -1.40. The van der Waals surface area contributed by atoms with E-state index in [9.17, 15) is 4.79 Å². The summed E-state index contributed by atoms with van der Waals surface area (Å²) in [6.45, 7) is 10.0. The molecule has 6 heteroatoms. The molecule has 0 atom stereocenters. The summed E-state index contributed by atoms with van der Waals surface area (Å²) >= 11 is 0. The molecule has 0 aromatic carbocycles. The van der Waals surface area contributed by atoms with Crippen LogP contribution in [0.15, 0.2) is 4.52 Å². The zero-order chi connectivity index (χ0) is 17.4. The van der Waals surface area contributed by atoms with Crippen LogP contribution in [0.5, 0.6) is 0 Å². The Balaban J connectivity index is 1.25. The number of aryl methyl sites for hydroxylation is 2. The normalized spacial score (nSPS) is 24.5. The average Bonchev–Trinajstić information content (AvgIpc) is 2.93. The van der Waals surface area contributed by atoms with Gasteiger partial charge < -0.3 is 9.42 Å². The van der Waals surface area contributed by atoms with Crippen molar-refractivity contribution in [3.05, 3.63) is 17.0 Å². The molecule has 138 valence electrons. The number of hydrogen-bond donors (Lipinski definition) is 0. The molecule has 0 unspecified atom stereocenters. The fraction of sp³-hybridized carbons (Fsp3) is 0.789. The smallest absolute Gasteiger partial charge is 0.259 e. The topological polar surface area (TPSA) is 52.8 Å². The van der Waals surface area contributed by atoms with E-state index in [2.05, 4.69) is 15.0 Å². The van der Waals surface area contributed by atoms with Gasteiger partial charge in [-0.1, -0.05) is 24.4 Å². The highest BCUT2D eigenvalue weighted by molar-refractivity contribution is 5.96. The quantitative estimate of drug-likeness (QED) is 0.839. The lowest BCUT2D eigenvalue weighted by molar-refractivity contribution is -0.00272. The van der Waals surface area contributed by atoms with Crippen LogP contribution in [0.25, 0.3) is 0 Å². The van der Waals surface area contributed by atoms with Crippen LogP contribution in [0.2, 0.25) is 0 Å². The van der Waals surface area contributed by atoms with E-state index in [1.54, 1.807) is 0 Å². The van der Waals surface area contributed by atoms with Gasteiger partial charge in [0.25, 0.3) is 5.91 Å². The van der Waals surface area contributed by atoms with Crippen LogP contribution in [-0.4, -0.2) is 77.1 Å². The molecular weight excluding hydrogens is 316 g/mol. The Kier molecular flexibility index (Phi) is 4.82. The molecule has 1 aromatic rings. The Morgan fingerprint density at radius 2 is 1.56 bits per heavy atom. The Bertz CT molecular complexity index is 589.